The van der Waals surface area contributed by atoms with Crippen LogP contribution in [0.1, 0.15) is 18.0 Å². The summed E-state index contributed by atoms with van der Waals surface area (Å²) in [5, 5.41) is 0.488. The Kier molecular flexibility index (Phi) is 4.25. The monoisotopic (exact) mass is 330 g/mol. The Morgan fingerprint density at radius 3 is 2.67 bits per heavy atom. The van der Waals surface area contributed by atoms with Crippen LogP contribution < -0.4 is 4.72 Å². The lowest BCUT2D eigenvalue weighted by molar-refractivity contribution is -0.128. The van der Waals surface area contributed by atoms with E-state index in [4.69, 9.17) is 11.6 Å². The lowest BCUT2D eigenvalue weighted by atomic mass is 9.93. The highest BCUT2D eigenvalue weighted by atomic mass is 35.5. The van der Waals surface area contributed by atoms with Crippen LogP contribution in [0.3, 0.4) is 0 Å². The topological polar surface area (TPSA) is 83.6 Å². The average molecular weight is 331 g/mol. The number of hydrogen-bond acceptors (Lipinski definition) is 4. The molecule has 0 spiro atoms. The van der Waals surface area contributed by atoms with Gasteiger partial charge in [0.05, 0.1) is 18.2 Å². The van der Waals surface area contributed by atoms with Gasteiger partial charge in [-0.05, 0) is 17.7 Å². The molecular weight excluding hydrogens is 316 g/mol. The maximum Gasteiger partial charge on any atom is 0.239 e. The Hall–Kier alpha value is -1.60. The van der Waals surface area contributed by atoms with Gasteiger partial charge in [0.15, 0.2) is 0 Å². The molecule has 1 aromatic carbocycles. The van der Waals surface area contributed by atoms with Gasteiger partial charge in [0.25, 0.3) is 0 Å². The molecule has 1 heterocycles. The molecule has 0 aliphatic carbocycles. The molecule has 0 saturated carbocycles. The van der Waals surface area contributed by atoms with Gasteiger partial charge in [0, 0.05) is 18.5 Å². The summed E-state index contributed by atoms with van der Waals surface area (Å²) in [6.07, 6.45) is 0.870. The second-order valence-electron chi connectivity index (χ2n) is 5.05. The number of nitrogens with one attached hydrogen (secondary N) is 1. The van der Waals surface area contributed by atoms with Crippen molar-refractivity contribution >= 4 is 33.4 Å². The van der Waals surface area contributed by atoms with Crippen LogP contribution in [0.25, 0.3) is 0 Å². The fraction of sp³-hybridized carbons (Fsp3) is 0.385. The summed E-state index contributed by atoms with van der Waals surface area (Å²) in [6, 6.07) is 6.31. The molecule has 1 fully saturated rings. The minimum Gasteiger partial charge on any atom is -0.338 e. The number of benzene rings is 1. The molecule has 21 heavy (non-hydrogen) atoms. The zero-order valence-corrected chi connectivity index (χ0v) is 13.1. The predicted octanol–water partition coefficient (Wildman–Crippen LogP) is 0.935. The Morgan fingerprint density at radius 1 is 1.43 bits per heavy atom. The van der Waals surface area contributed by atoms with Crippen LogP contribution in [0.4, 0.5) is 0 Å². The molecule has 1 aliphatic heterocycles. The van der Waals surface area contributed by atoms with Gasteiger partial charge >= 0.3 is 0 Å². The van der Waals surface area contributed by atoms with Crippen molar-refractivity contribution < 1.29 is 18.0 Å². The van der Waals surface area contributed by atoms with Crippen molar-refractivity contribution in [1.82, 2.24) is 9.62 Å². The minimum absolute atomic E-state index is 0.0327. The molecule has 0 bridgehead atoms. The third-order valence-corrected chi connectivity index (χ3v) is 4.21. The minimum atomic E-state index is -3.66. The van der Waals surface area contributed by atoms with Crippen molar-refractivity contribution in [1.29, 1.82) is 0 Å². The average Bonchev–Trinajstić information content (AvgIpc) is 2.64. The lowest BCUT2D eigenvalue weighted by Crippen LogP contribution is -2.37. The third kappa shape index (κ3) is 3.54. The van der Waals surface area contributed by atoms with Gasteiger partial charge in [-0.1, -0.05) is 23.7 Å². The first kappa shape index (κ1) is 15.8. The van der Waals surface area contributed by atoms with Crippen molar-refractivity contribution in [3.05, 3.63) is 34.9 Å². The number of rotatable bonds is 3. The Bertz CT molecular complexity index is 689. The molecule has 8 heteroatoms. The van der Waals surface area contributed by atoms with E-state index < -0.39 is 27.9 Å². The number of sulfonamides is 1. The predicted molar refractivity (Wildman–Crippen MR) is 78.1 cm³/mol. The van der Waals surface area contributed by atoms with Crippen LogP contribution in [-0.4, -0.2) is 38.4 Å². The van der Waals surface area contributed by atoms with E-state index in [1.54, 1.807) is 31.3 Å². The van der Waals surface area contributed by atoms with Crippen molar-refractivity contribution in [3.63, 3.8) is 0 Å². The first-order valence-electron chi connectivity index (χ1n) is 6.22. The zero-order valence-electron chi connectivity index (χ0n) is 11.5. The third-order valence-electron chi connectivity index (χ3n) is 3.40. The molecule has 114 valence electrons. The van der Waals surface area contributed by atoms with Crippen LogP contribution in [0.5, 0.6) is 0 Å². The van der Waals surface area contributed by atoms with E-state index in [0.717, 1.165) is 6.26 Å². The molecule has 2 amide bonds. The van der Waals surface area contributed by atoms with E-state index in [-0.39, 0.29) is 12.3 Å². The highest BCUT2D eigenvalue weighted by molar-refractivity contribution is 7.89. The Morgan fingerprint density at radius 2 is 2.10 bits per heavy atom. The quantitative estimate of drug-likeness (QED) is 0.893. The standard InChI is InChI=1S/C13H15ClN2O4S/c1-16-11(17)7-10(13(18)15-21(2,19)20)12(16)8-4-3-5-9(14)6-8/h3-6,10,12H,7H2,1-2H3,(H,15,18)/t10-,12+/m1/s1. The van der Waals surface area contributed by atoms with Crippen LogP contribution in [0.15, 0.2) is 24.3 Å². The van der Waals surface area contributed by atoms with E-state index in [1.807, 2.05) is 4.72 Å². The summed E-state index contributed by atoms with van der Waals surface area (Å²) in [7, 11) is -2.08. The van der Waals surface area contributed by atoms with Gasteiger partial charge in [-0.25, -0.2) is 8.42 Å². The Labute approximate surface area is 128 Å². The number of amides is 2. The van der Waals surface area contributed by atoms with Crippen LogP contribution in [0, 0.1) is 5.92 Å². The fourth-order valence-corrected chi connectivity index (χ4v) is 3.23. The van der Waals surface area contributed by atoms with E-state index >= 15 is 0 Å². The Balaban J connectivity index is 2.35. The van der Waals surface area contributed by atoms with E-state index in [1.165, 1.54) is 4.90 Å². The summed E-state index contributed by atoms with van der Waals surface area (Å²) in [5.41, 5.74) is 0.699. The molecule has 0 aromatic heterocycles. The lowest BCUT2D eigenvalue weighted by Gasteiger charge is -2.24. The molecule has 2 rings (SSSR count). The van der Waals surface area contributed by atoms with Crippen LogP contribution >= 0.6 is 11.6 Å². The summed E-state index contributed by atoms with van der Waals surface area (Å²) < 4.78 is 24.4. The zero-order chi connectivity index (χ0) is 15.8. The van der Waals surface area contributed by atoms with Gasteiger partial charge in [-0.15, -0.1) is 0 Å². The van der Waals surface area contributed by atoms with Crippen molar-refractivity contribution in [3.8, 4) is 0 Å². The molecule has 6 nitrogen and oxygen atoms in total. The second kappa shape index (κ2) is 5.65. The van der Waals surface area contributed by atoms with Gasteiger partial charge in [-0.3, -0.25) is 14.3 Å². The summed E-state index contributed by atoms with van der Waals surface area (Å²) >= 11 is 5.94. The number of nitrogens with zero attached hydrogens (tertiary/aromatic N) is 1. The summed E-state index contributed by atoms with van der Waals surface area (Å²) in [6.45, 7) is 0. The molecule has 1 aromatic rings. The van der Waals surface area contributed by atoms with E-state index in [9.17, 15) is 18.0 Å². The molecule has 2 atom stereocenters. The van der Waals surface area contributed by atoms with E-state index in [0.29, 0.717) is 10.6 Å². The van der Waals surface area contributed by atoms with Crippen LogP contribution in [0.2, 0.25) is 5.02 Å². The number of likely N-dealkylation sites (tertiary alicyclic amines) is 1. The largest absolute Gasteiger partial charge is 0.338 e. The van der Waals surface area contributed by atoms with Gasteiger partial charge in [-0.2, -0.15) is 0 Å². The maximum absolute atomic E-state index is 12.1. The first-order valence-corrected chi connectivity index (χ1v) is 8.49. The SMILES string of the molecule is CN1C(=O)C[C@@H](C(=O)NS(C)(=O)=O)[C@@H]1c1cccc(Cl)c1. The number of carbonyl (C=O) groups is 2. The number of carbonyl (C=O) groups excluding carboxylic acids is 2. The summed E-state index contributed by atoms with van der Waals surface area (Å²) in [4.78, 5) is 25.4. The van der Waals surface area contributed by atoms with Gasteiger partial charge in [0.2, 0.25) is 21.8 Å². The molecule has 1 aliphatic rings. The molecular formula is C13H15ClN2O4S. The molecule has 1 saturated heterocycles. The van der Waals surface area contributed by atoms with Gasteiger partial charge in [0.1, 0.15) is 0 Å². The van der Waals surface area contributed by atoms with Crippen molar-refractivity contribution in [2.75, 3.05) is 13.3 Å². The summed E-state index contributed by atoms with van der Waals surface area (Å²) in [5.74, 6) is -1.66. The molecule has 0 unspecified atom stereocenters. The van der Waals surface area contributed by atoms with Crippen LogP contribution in [-0.2, 0) is 19.6 Å². The fourth-order valence-electron chi connectivity index (χ4n) is 2.51. The van der Waals surface area contributed by atoms with Gasteiger partial charge < -0.3 is 4.90 Å². The molecule has 1 N–H and O–H groups in total. The maximum atomic E-state index is 12.1. The second-order valence-corrected chi connectivity index (χ2v) is 7.24. The smallest absolute Gasteiger partial charge is 0.239 e. The molecule has 0 radical (unpaired) electrons. The normalized spacial score (nSPS) is 22.4. The number of halogens is 1. The highest BCUT2D eigenvalue weighted by Gasteiger charge is 2.43. The first-order chi connectivity index (χ1) is 9.69. The van der Waals surface area contributed by atoms with Crippen molar-refractivity contribution in [2.45, 2.75) is 12.5 Å². The number of hydrogen-bond donors (Lipinski definition) is 1. The van der Waals surface area contributed by atoms with E-state index in [2.05, 4.69) is 0 Å². The van der Waals surface area contributed by atoms with Crippen molar-refractivity contribution in [2.24, 2.45) is 5.92 Å². The highest BCUT2D eigenvalue weighted by Crippen LogP contribution is 2.37.